The van der Waals surface area contributed by atoms with Crippen molar-refractivity contribution in [2.75, 3.05) is 25.0 Å². The van der Waals surface area contributed by atoms with Gasteiger partial charge in [-0.15, -0.1) is 0 Å². The second-order valence-corrected chi connectivity index (χ2v) is 10.3. The predicted octanol–water partition coefficient (Wildman–Crippen LogP) is 3.48. The molecule has 1 amide bonds. The Kier molecular flexibility index (Phi) is 4.35. The zero-order valence-corrected chi connectivity index (χ0v) is 19.0. The molecule has 4 aliphatic rings. The third kappa shape index (κ3) is 3.18. The van der Waals surface area contributed by atoms with Crippen LogP contribution in [0.15, 0.2) is 30.5 Å². The van der Waals surface area contributed by atoms with Gasteiger partial charge in [-0.25, -0.2) is 9.97 Å². The molecule has 2 aliphatic carbocycles. The number of hydrogen-bond donors (Lipinski definition) is 3. The topological polar surface area (TPSA) is 85.9 Å². The van der Waals surface area contributed by atoms with E-state index < -0.39 is 17.5 Å². The van der Waals surface area contributed by atoms with Gasteiger partial charge in [-0.3, -0.25) is 4.79 Å². The van der Waals surface area contributed by atoms with Crippen LogP contribution in [0.3, 0.4) is 0 Å². The van der Waals surface area contributed by atoms with Crippen molar-refractivity contribution in [2.24, 2.45) is 17.3 Å². The van der Waals surface area contributed by atoms with E-state index in [4.69, 9.17) is 9.97 Å². The number of aromatic nitrogens is 3. The van der Waals surface area contributed by atoms with Gasteiger partial charge in [0.15, 0.2) is 0 Å². The molecule has 2 atom stereocenters. The number of alkyl halides is 3. The maximum absolute atomic E-state index is 13.6. The first-order valence-electron chi connectivity index (χ1n) is 12.2. The number of nitrogens with one attached hydrogen (secondary N) is 3. The molecule has 2 unspecified atom stereocenters. The number of anilines is 1. The van der Waals surface area contributed by atoms with E-state index in [1.807, 2.05) is 30.5 Å². The SMILES string of the molecule is O=C(N1CCc2c(nc(NC3C4CNCC43)nc2-c2c[nH]c3ccccc23)C1)C1(C(F)(F)F)CC1. The molecule has 10 heteroatoms. The Morgan fingerprint density at radius 3 is 2.66 bits per heavy atom. The minimum absolute atomic E-state index is 0.0671. The second-order valence-electron chi connectivity index (χ2n) is 10.3. The van der Waals surface area contributed by atoms with Gasteiger partial charge in [-0.05, 0) is 37.2 Å². The molecule has 3 aromatic rings. The number of aromatic amines is 1. The Labute approximate surface area is 199 Å². The summed E-state index contributed by atoms with van der Waals surface area (Å²) in [4.78, 5) is 27.3. The summed E-state index contributed by atoms with van der Waals surface area (Å²) in [7, 11) is 0. The van der Waals surface area contributed by atoms with E-state index in [0.29, 0.717) is 35.9 Å². The Balaban J connectivity index is 1.27. The number of para-hydroxylation sites is 1. The van der Waals surface area contributed by atoms with Crippen LogP contribution in [0.25, 0.3) is 22.2 Å². The molecule has 2 saturated carbocycles. The average Bonchev–Trinajstić information content (AvgIpc) is 3.66. The minimum atomic E-state index is -4.52. The van der Waals surface area contributed by atoms with Crippen LogP contribution in [-0.4, -0.2) is 57.6 Å². The molecule has 1 saturated heterocycles. The highest BCUT2D eigenvalue weighted by Crippen LogP contribution is 2.59. The van der Waals surface area contributed by atoms with E-state index in [2.05, 4.69) is 15.6 Å². The zero-order valence-electron chi connectivity index (χ0n) is 19.0. The molecule has 3 fully saturated rings. The van der Waals surface area contributed by atoms with Crippen LogP contribution >= 0.6 is 0 Å². The van der Waals surface area contributed by atoms with Crippen molar-refractivity contribution in [1.29, 1.82) is 0 Å². The first kappa shape index (κ1) is 21.2. The summed E-state index contributed by atoms with van der Waals surface area (Å²) < 4.78 is 40.9. The molecule has 3 N–H and O–H groups in total. The number of rotatable bonds is 4. The van der Waals surface area contributed by atoms with Gasteiger partial charge in [0.05, 0.1) is 17.9 Å². The third-order valence-corrected chi connectivity index (χ3v) is 8.29. The fraction of sp³-hybridized carbons (Fsp3) is 0.480. The fourth-order valence-electron chi connectivity index (χ4n) is 5.99. The summed E-state index contributed by atoms with van der Waals surface area (Å²) in [5.41, 5.74) is 2.02. The molecule has 0 bridgehead atoms. The summed E-state index contributed by atoms with van der Waals surface area (Å²) in [6.45, 7) is 2.22. The van der Waals surface area contributed by atoms with Gasteiger partial charge in [0.2, 0.25) is 11.9 Å². The van der Waals surface area contributed by atoms with Crippen molar-refractivity contribution in [1.82, 2.24) is 25.2 Å². The number of nitrogens with zero attached hydrogens (tertiary/aromatic N) is 3. The van der Waals surface area contributed by atoms with Gasteiger partial charge in [0.1, 0.15) is 5.41 Å². The Bertz CT molecular complexity index is 1340. The largest absolute Gasteiger partial charge is 0.403 e. The number of H-pyrrole nitrogens is 1. The van der Waals surface area contributed by atoms with E-state index in [9.17, 15) is 18.0 Å². The van der Waals surface area contributed by atoms with Crippen molar-refractivity contribution in [3.63, 3.8) is 0 Å². The normalized spacial score (nSPS) is 26.4. The van der Waals surface area contributed by atoms with Gasteiger partial charge < -0.3 is 20.5 Å². The Hall–Kier alpha value is -3.14. The fourth-order valence-corrected chi connectivity index (χ4v) is 5.99. The summed E-state index contributed by atoms with van der Waals surface area (Å²) >= 11 is 0. The first-order valence-corrected chi connectivity index (χ1v) is 12.2. The van der Waals surface area contributed by atoms with Gasteiger partial charge >= 0.3 is 6.18 Å². The summed E-state index contributed by atoms with van der Waals surface area (Å²) in [6, 6.07) is 8.25. The number of hydrogen-bond acceptors (Lipinski definition) is 5. The van der Waals surface area contributed by atoms with Crippen molar-refractivity contribution in [3.8, 4) is 11.3 Å². The average molecular weight is 483 g/mol. The van der Waals surface area contributed by atoms with Crippen LogP contribution in [0.2, 0.25) is 0 Å². The Morgan fingerprint density at radius 1 is 1.14 bits per heavy atom. The lowest BCUT2D eigenvalue weighted by atomic mass is 9.96. The van der Waals surface area contributed by atoms with Crippen molar-refractivity contribution in [2.45, 2.75) is 38.0 Å². The number of halogens is 3. The molecule has 7 nitrogen and oxygen atoms in total. The number of piperidine rings is 1. The van der Waals surface area contributed by atoms with Crippen molar-refractivity contribution < 1.29 is 18.0 Å². The molecule has 0 radical (unpaired) electrons. The maximum Gasteiger partial charge on any atom is 0.403 e. The quantitative estimate of drug-likeness (QED) is 0.530. The monoisotopic (exact) mass is 482 g/mol. The van der Waals surface area contributed by atoms with Crippen LogP contribution in [0.4, 0.5) is 19.1 Å². The number of carbonyl (C=O) groups excluding carboxylic acids is 1. The number of carbonyl (C=O) groups is 1. The van der Waals surface area contributed by atoms with Crippen LogP contribution in [-0.2, 0) is 17.8 Å². The molecule has 0 spiro atoms. The van der Waals surface area contributed by atoms with Crippen LogP contribution in [0.1, 0.15) is 24.1 Å². The number of amides is 1. The molecule has 4 heterocycles. The third-order valence-electron chi connectivity index (χ3n) is 8.29. The van der Waals surface area contributed by atoms with Crippen molar-refractivity contribution >= 4 is 22.8 Å². The highest BCUT2D eigenvalue weighted by Gasteiger charge is 2.69. The highest BCUT2D eigenvalue weighted by atomic mass is 19.4. The van der Waals surface area contributed by atoms with Crippen molar-refractivity contribution in [3.05, 3.63) is 41.7 Å². The van der Waals surface area contributed by atoms with Crippen LogP contribution in [0, 0.1) is 17.3 Å². The second kappa shape index (κ2) is 7.19. The summed E-state index contributed by atoms with van der Waals surface area (Å²) in [5.74, 6) is 0.756. The van der Waals surface area contributed by atoms with E-state index in [-0.39, 0.29) is 25.9 Å². The first-order chi connectivity index (χ1) is 16.9. The molecule has 2 aromatic heterocycles. The maximum atomic E-state index is 13.6. The van der Waals surface area contributed by atoms with E-state index in [0.717, 1.165) is 40.8 Å². The molecule has 1 aromatic carbocycles. The number of fused-ring (bicyclic) bond motifs is 3. The van der Waals surface area contributed by atoms with Gasteiger partial charge in [0.25, 0.3) is 0 Å². The van der Waals surface area contributed by atoms with Gasteiger partial charge in [-0.1, -0.05) is 18.2 Å². The molecule has 2 aliphatic heterocycles. The molecular weight excluding hydrogens is 457 g/mol. The van der Waals surface area contributed by atoms with E-state index in [1.165, 1.54) is 4.90 Å². The molecule has 182 valence electrons. The minimum Gasteiger partial charge on any atom is -0.360 e. The lowest BCUT2D eigenvalue weighted by Gasteiger charge is -2.33. The molecule has 7 rings (SSSR count). The molecule has 35 heavy (non-hydrogen) atoms. The smallest absolute Gasteiger partial charge is 0.360 e. The molecular formula is C25H25F3N6O. The standard InChI is InChI=1S/C25H25F3N6O/c26-25(27,28)24(6-7-24)22(35)34-8-5-14-19(12-34)31-23(33-21-15-9-29-10-16(15)21)32-20(14)17-11-30-18-4-2-1-3-13(17)18/h1-4,11,15-16,21,29-30H,5-10,12H2,(H,31,32,33). The lowest BCUT2D eigenvalue weighted by molar-refractivity contribution is -0.199. The zero-order chi connectivity index (χ0) is 23.9. The number of benzene rings is 1. The highest BCUT2D eigenvalue weighted by molar-refractivity contribution is 5.95. The lowest BCUT2D eigenvalue weighted by Crippen LogP contribution is -2.46. The van der Waals surface area contributed by atoms with Gasteiger partial charge in [0, 0.05) is 53.9 Å². The van der Waals surface area contributed by atoms with Crippen LogP contribution < -0.4 is 10.6 Å². The van der Waals surface area contributed by atoms with E-state index >= 15 is 0 Å². The van der Waals surface area contributed by atoms with Crippen LogP contribution in [0.5, 0.6) is 0 Å². The summed E-state index contributed by atoms with van der Waals surface area (Å²) in [5, 5.41) is 7.87. The summed E-state index contributed by atoms with van der Waals surface area (Å²) in [6.07, 6.45) is -2.44. The predicted molar refractivity (Wildman–Crippen MR) is 123 cm³/mol. The van der Waals surface area contributed by atoms with Gasteiger partial charge in [-0.2, -0.15) is 13.2 Å². The Morgan fingerprint density at radius 2 is 1.91 bits per heavy atom. The van der Waals surface area contributed by atoms with E-state index in [1.54, 1.807) is 0 Å².